The lowest BCUT2D eigenvalue weighted by atomic mass is 10.2. The summed E-state index contributed by atoms with van der Waals surface area (Å²) in [6.07, 6.45) is 3.28. The number of nitrogens with one attached hydrogen (secondary N) is 1. The Morgan fingerprint density at radius 2 is 2.19 bits per heavy atom. The fraction of sp³-hybridized carbons (Fsp3) is 0.0667. The van der Waals surface area contributed by atoms with E-state index in [1.54, 1.807) is 23.7 Å². The molecule has 4 nitrogen and oxygen atoms in total. The van der Waals surface area contributed by atoms with Gasteiger partial charge in [-0.15, -0.1) is 0 Å². The SMILES string of the molecule is Cc1cc(F)c(Br)cc1NC(=O)c1cnn2ccccc12. The molecule has 6 heteroatoms. The second kappa shape index (κ2) is 5.29. The highest BCUT2D eigenvalue weighted by Gasteiger charge is 2.14. The summed E-state index contributed by atoms with van der Waals surface area (Å²) in [5, 5.41) is 6.91. The third-order valence-electron chi connectivity index (χ3n) is 3.19. The Morgan fingerprint density at radius 1 is 1.38 bits per heavy atom. The number of benzene rings is 1. The number of rotatable bonds is 2. The monoisotopic (exact) mass is 347 g/mol. The van der Waals surface area contributed by atoms with Gasteiger partial charge < -0.3 is 5.32 Å². The Balaban J connectivity index is 1.95. The Hall–Kier alpha value is -2.21. The molecule has 0 atom stereocenters. The average molecular weight is 348 g/mol. The van der Waals surface area contributed by atoms with Crippen LogP contribution in [-0.4, -0.2) is 15.5 Å². The zero-order valence-corrected chi connectivity index (χ0v) is 12.7. The molecule has 0 aliphatic carbocycles. The molecule has 0 bridgehead atoms. The molecule has 106 valence electrons. The van der Waals surface area contributed by atoms with E-state index in [1.165, 1.54) is 12.3 Å². The van der Waals surface area contributed by atoms with E-state index < -0.39 is 0 Å². The van der Waals surface area contributed by atoms with Crippen LogP contribution in [0.3, 0.4) is 0 Å². The normalized spacial score (nSPS) is 10.8. The number of fused-ring (bicyclic) bond motifs is 1. The van der Waals surface area contributed by atoms with Crippen molar-refractivity contribution in [3.63, 3.8) is 0 Å². The molecule has 2 aromatic heterocycles. The molecule has 0 saturated carbocycles. The summed E-state index contributed by atoms with van der Waals surface area (Å²) in [6.45, 7) is 1.74. The van der Waals surface area contributed by atoms with Crippen molar-refractivity contribution >= 4 is 33.0 Å². The van der Waals surface area contributed by atoms with E-state index in [9.17, 15) is 9.18 Å². The minimum atomic E-state index is -0.360. The van der Waals surface area contributed by atoms with Gasteiger partial charge in [-0.1, -0.05) is 6.07 Å². The molecule has 0 saturated heterocycles. The summed E-state index contributed by atoms with van der Waals surface area (Å²) < 4.78 is 15.3. The van der Waals surface area contributed by atoms with Gasteiger partial charge in [0.05, 0.1) is 21.7 Å². The largest absolute Gasteiger partial charge is 0.322 e. The number of anilines is 1. The molecule has 0 aliphatic heterocycles. The molecule has 3 aromatic rings. The number of amides is 1. The maximum absolute atomic E-state index is 13.4. The van der Waals surface area contributed by atoms with Gasteiger partial charge >= 0.3 is 0 Å². The molecule has 0 unspecified atom stereocenters. The van der Waals surface area contributed by atoms with Crippen molar-refractivity contribution in [2.75, 3.05) is 5.32 Å². The summed E-state index contributed by atoms with van der Waals surface area (Å²) >= 11 is 3.12. The van der Waals surface area contributed by atoms with Crippen LogP contribution in [0.25, 0.3) is 5.52 Å². The number of carbonyl (C=O) groups excluding carboxylic acids is 1. The Bertz CT molecular complexity index is 844. The fourth-order valence-electron chi connectivity index (χ4n) is 2.08. The first-order valence-electron chi connectivity index (χ1n) is 6.25. The Kier molecular flexibility index (Phi) is 3.47. The number of halogens is 2. The number of aryl methyl sites for hydroxylation is 1. The van der Waals surface area contributed by atoms with Crippen LogP contribution in [-0.2, 0) is 0 Å². The van der Waals surface area contributed by atoms with Crippen molar-refractivity contribution in [2.45, 2.75) is 6.92 Å². The smallest absolute Gasteiger partial charge is 0.259 e. The minimum Gasteiger partial charge on any atom is -0.322 e. The predicted molar refractivity (Wildman–Crippen MR) is 82.0 cm³/mol. The molecule has 0 radical (unpaired) electrons. The van der Waals surface area contributed by atoms with Gasteiger partial charge in [0.2, 0.25) is 0 Å². The summed E-state index contributed by atoms with van der Waals surface area (Å²) in [7, 11) is 0. The van der Waals surface area contributed by atoms with Crippen molar-refractivity contribution in [3.05, 3.63) is 64.1 Å². The lowest BCUT2D eigenvalue weighted by molar-refractivity contribution is 0.102. The summed E-state index contributed by atoms with van der Waals surface area (Å²) in [5.74, 6) is -0.640. The van der Waals surface area contributed by atoms with Gasteiger partial charge in [0.25, 0.3) is 5.91 Å². The molecule has 1 N–H and O–H groups in total. The summed E-state index contributed by atoms with van der Waals surface area (Å²) in [6, 6.07) is 8.41. The van der Waals surface area contributed by atoms with Crippen molar-refractivity contribution in [3.8, 4) is 0 Å². The van der Waals surface area contributed by atoms with E-state index in [2.05, 4.69) is 26.3 Å². The van der Waals surface area contributed by atoms with Crippen molar-refractivity contribution in [2.24, 2.45) is 0 Å². The summed E-state index contributed by atoms with van der Waals surface area (Å²) in [4.78, 5) is 12.4. The third kappa shape index (κ3) is 2.54. The second-order valence-corrected chi connectivity index (χ2v) is 5.48. The van der Waals surface area contributed by atoms with Gasteiger partial charge in [-0.25, -0.2) is 8.91 Å². The van der Waals surface area contributed by atoms with Gasteiger partial charge in [-0.05, 0) is 52.7 Å². The van der Waals surface area contributed by atoms with Crippen molar-refractivity contribution in [1.29, 1.82) is 0 Å². The standard InChI is InChI=1S/C15H11BrFN3O/c1-9-6-12(17)11(16)7-13(9)19-15(21)10-8-18-20-5-3-2-4-14(10)20/h2-8H,1H3,(H,19,21). The van der Waals surface area contributed by atoms with Crippen LogP contribution in [0.1, 0.15) is 15.9 Å². The molecule has 0 fully saturated rings. The van der Waals surface area contributed by atoms with Crippen LogP contribution in [0.2, 0.25) is 0 Å². The maximum Gasteiger partial charge on any atom is 0.259 e. The van der Waals surface area contributed by atoms with E-state index in [-0.39, 0.29) is 11.7 Å². The van der Waals surface area contributed by atoms with E-state index in [1.807, 2.05) is 18.2 Å². The average Bonchev–Trinajstić information content (AvgIpc) is 2.88. The molecule has 1 amide bonds. The van der Waals surface area contributed by atoms with Gasteiger partial charge in [0.1, 0.15) is 5.82 Å². The minimum absolute atomic E-state index is 0.280. The third-order valence-corrected chi connectivity index (χ3v) is 3.79. The quantitative estimate of drug-likeness (QED) is 0.766. The lowest BCUT2D eigenvalue weighted by Gasteiger charge is -2.09. The molecule has 3 rings (SSSR count). The summed E-state index contributed by atoms with van der Waals surface area (Å²) in [5.41, 5.74) is 2.40. The first-order valence-corrected chi connectivity index (χ1v) is 7.05. The van der Waals surface area contributed by atoms with E-state index >= 15 is 0 Å². The molecule has 21 heavy (non-hydrogen) atoms. The van der Waals surface area contributed by atoms with Crippen LogP contribution in [0, 0.1) is 12.7 Å². The molecule has 1 aromatic carbocycles. The van der Waals surface area contributed by atoms with Gasteiger partial charge in [-0.2, -0.15) is 5.10 Å². The van der Waals surface area contributed by atoms with Gasteiger partial charge in [-0.3, -0.25) is 4.79 Å². The fourth-order valence-corrected chi connectivity index (χ4v) is 2.42. The van der Waals surface area contributed by atoms with E-state index in [0.29, 0.717) is 26.8 Å². The zero-order chi connectivity index (χ0) is 15.0. The highest BCUT2D eigenvalue weighted by Crippen LogP contribution is 2.25. The van der Waals surface area contributed by atoms with E-state index in [0.717, 1.165) is 0 Å². The van der Waals surface area contributed by atoms with Crippen molar-refractivity contribution in [1.82, 2.24) is 9.61 Å². The molecular formula is C15H11BrFN3O. The van der Waals surface area contributed by atoms with Crippen LogP contribution in [0.5, 0.6) is 0 Å². The maximum atomic E-state index is 13.4. The number of nitrogens with zero attached hydrogens (tertiary/aromatic N) is 2. The molecule has 0 aliphatic rings. The van der Waals surface area contributed by atoms with Crippen LogP contribution in [0.15, 0.2) is 47.2 Å². The highest BCUT2D eigenvalue weighted by molar-refractivity contribution is 9.10. The number of pyridine rings is 1. The lowest BCUT2D eigenvalue weighted by Crippen LogP contribution is -2.12. The van der Waals surface area contributed by atoms with Crippen LogP contribution >= 0.6 is 15.9 Å². The van der Waals surface area contributed by atoms with Gasteiger partial charge in [0.15, 0.2) is 0 Å². The number of aromatic nitrogens is 2. The highest BCUT2D eigenvalue weighted by atomic mass is 79.9. The predicted octanol–water partition coefficient (Wildman–Crippen LogP) is 3.80. The molecular weight excluding hydrogens is 337 g/mol. The second-order valence-electron chi connectivity index (χ2n) is 4.62. The topological polar surface area (TPSA) is 46.4 Å². The number of carbonyl (C=O) groups is 1. The first kappa shape index (κ1) is 13.8. The van der Waals surface area contributed by atoms with Crippen molar-refractivity contribution < 1.29 is 9.18 Å². The Labute approximate surface area is 128 Å². The first-order chi connectivity index (χ1) is 10.1. The van der Waals surface area contributed by atoms with E-state index in [4.69, 9.17) is 0 Å². The molecule has 2 heterocycles. The Morgan fingerprint density at radius 3 is 3.00 bits per heavy atom. The van der Waals surface area contributed by atoms with Gasteiger partial charge in [0, 0.05) is 11.9 Å². The number of hydrogen-bond acceptors (Lipinski definition) is 2. The zero-order valence-electron chi connectivity index (χ0n) is 11.1. The van der Waals surface area contributed by atoms with Crippen LogP contribution in [0.4, 0.5) is 10.1 Å². The molecule has 0 spiro atoms. The van der Waals surface area contributed by atoms with Crippen LogP contribution < -0.4 is 5.32 Å². The number of hydrogen-bond donors (Lipinski definition) is 1.